The van der Waals surface area contributed by atoms with Gasteiger partial charge in [0.15, 0.2) is 0 Å². The Balaban J connectivity index is 2.07. The van der Waals surface area contributed by atoms with Crippen LogP contribution >= 0.6 is 15.9 Å². The van der Waals surface area contributed by atoms with Gasteiger partial charge in [0, 0.05) is 42.7 Å². The first-order chi connectivity index (χ1) is 8.99. The first-order valence-electron chi connectivity index (χ1n) is 7.03. The minimum atomic E-state index is 0.0862. The second-order valence-corrected chi connectivity index (χ2v) is 6.47. The molecule has 1 aliphatic rings. The number of nitrogens with two attached hydrogens (primary N) is 1. The maximum absolute atomic E-state index is 5.92. The summed E-state index contributed by atoms with van der Waals surface area (Å²) >= 11 is 3.68. The molecule has 2 rings (SSSR count). The van der Waals surface area contributed by atoms with E-state index in [9.17, 15) is 0 Å². The first-order valence-corrected chi connectivity index (χ1v) is 7.82. The molecule has 1 unspecified atom stereocenters. The van der Waals surface area contributed by atoms with E-state index >= 15 is 0 Å². The third-order valence-electron chi connectivity index (χ3n) is 3.88. The van der Waals surface area contributed by atoms with Gasteiger partial charge in [0.1, 0.15) is 0 Å². The number of rotatable bonds is 3. The smallest absolute Gasteiger partial charge is 0.0511 e. The monoisotopic (exact) mass is 325 g/mol. The van der Waals surface area contributed by atoms with Gasteiger partial charge in [0.05, 0.1) is 5.69 Å². The lowest BCUT2D eigenvalue weighted by atomic mass is 10.1. The summed E-state index contributed by atoms with van der Waals surface area (Å²) in [6.07, 6.45) is 0. The van der Waals surface area contributed by atoms with Gasteiger partial charge in [-0.25, -0.2) is 0 Å². The van der Waals surface area contributed by atoms with Crippen LogP contribution in [0.15, 0.2) is 22.7 Å². The Labute approximate surface area is 124 Å². The molecule has 0 aliphatic carbocycles. The second kappa shape index (κ2) is 6.25. The van der Waals surface area contributed by atoms with E-state index in [0.717, 1.165) is 30.7 Å². The zero-order chi connectivity index (χ0) is 14.0. The van der Waals surface area contributed by atoms with E-state index in [1.165, 1.54) is 11.3 Å². The van der Waals surface area contributed by atoms with Gasteiger partial charge in [0.25, 0.3) is 0 Å². The molecule has 0 bridgehead atoms. The van der Waals surface area contributed by atoms with E-state index in [0.29, 0.717) is 6.04 Å². The fourth-order valence-corrected chi connectivity index (χ4v) is 3.19. The molecule has 1 aliphatic heterocycles. The number of benzene rings is 1. The average molecular weight is 326 g/mol. The fourth-order valence-electron chi connectivity index (χ4n) is 2.54. The Morgan fingerprint density at radius 3 is 2.21 bits per heavy atom. The Bertz CT molecular complexity index is 423. The van der Waals surface area contributed by atoms with E-state index in [4.69, 9.17) is 5.73 Å². The van der Waals surface area contributed by atoms with Crippen LogP contribution in [0, 0.1) is 0 Å². The third kappa shape index (κ3) is 3.50. The molecule has 1 aromatic carbocycles. The van der Waals surface area contributed by atoms with Crippen LogP contribution in [0.4, 0.5) is 5.69 Å². The molecule has 1 saturated heterocycles. The van der Waals surface area contributed by atoms with Gasteiger partial charge >= 0.3 is 0 Å². The topological polar surface area (TPSA) is 32.5 Å². The highest BCUT2D eigenvalue weighted by atomic mass is 79.9. The van der Waals surface area contributed by atoms with Crippen LogP contribution in [0.1, 0.15) is 32.4 Å². The number of hydrogen-bond acceptors (Lipinski definition) is 3. The van der Waals surface area contributed by atoms with E-state index in [1.54, 1.807) is 0 Å². The summed E-state index contributed by atoms with van der Waals surface area (Å²) in [6.45, 7) is 11.0. The van der Waals surface area contributed by atoms with Crippen LogP contribution in [0.5, 0.6) is 0 Å². The van der Waals surface area contributed by atoms with Crippen molar-refractivity contribution in [2.45, 2.75) is 32.9 Å². The van der Waals surface area contributed by atoms with Crippen molar-refractivity contribution in [2.24, 2.45) is 5.73 Å². The summed E-state index contributed by atoms with van der Waals surface area (Å²) in [4.78, 5) is 4.98. The predicted molar refractivity (Wildman–Crippen MR) is 85.7 cm³/mol. The van der Waals surface area contributed by atoms with Crippen LogP contribution in [-0.2, 0) is 0 Å². The standard InChI is InChI=1S/C15H24BrN3/c1-11(2)18-6-8-19(9-7-18)15-5-4-13(12(3)17)10-14(15)16/h4-5,10-12H,6-9,17H2,1-3H3. The van der Waals surface area contributed by atoms with Gasteiger partial charge in [0.2, 0.25) is 0 Å². The van der Waals surface area contributed by atoms with E-state index in [2.05, 4.69) is 57.8 Å². The van der Waals surface area contributed by atoms with Crippen LogP contribution in [0.3, 0.4) is 0 Å². The van der Waals surface area contributed by atoms with Crippen LogP contribution in [-0.4, -0.2) is 37.1 Å². The summed E-state index contributed by atoms with van der Waals surface area (Å²) in [5.74, 6) is 0. The van der Waals surface area contributed by atoms with Gasteiger partial charge < -0.3 is 10.6 Å². The molecule has 0 radical (unpaired) electrons. The maximum atomic E-state index is 5.92. The molecule has 2 N–H and O–H groups in total. The molecule has 4 heteroatoms. The zero-order valence-electron chi connectivity index (χ0n) is 12.1. The van der Waals surface area contributed by atoms with Crippen molar-refractivity contribution >= 4 is 21.6 Å². The van der Waals surface area contributed by atoms with Crippen molar-refractivity contribution in [3.63, 3.8) is 0 Å². The fraction of sp³-hybridized carbons (Fsp3) is 0.600. The molecular formula is C15H24BrN3. The number of anilines is 1. The summed E-state index contributed by atoms with van der Waals surface area (Å²) in [7, 11) is 0. The summed E-state index contributed by atoms with van der Waals surface area (Å²) in [5.41, 5.74) is 8.38. The Kier molecular flexibility index (Phi) is 4.87. The van der Waals surface area contributed by atoms with E-state index < -0.39 is 0 Å². The lowest BCUT2D eigenvalue weighted by Crippen LogP contribution is -2.49. The van der Waals surface area contributed by atoms with Crippen LogP contribution in [0.25, 0.3) is 0 Å². The average Bonchev–Trinajstić information content (AvgIpc) is 2.38. The highest BCUT2D eigenvalue weighted by Gasteiger charge is 2.20. The molecule has 1 heterocycles. The van der Waals surface area contributed by atoms with Crippen molar-refractivity contribution < 1.29 is 0 Å². The van der Waals surface area contributed by atoms with Crippen molar-refractivity contribution in [1.29, 1.82) is 0 Å². The molecule has 106 valence electrons. The van der Waals surface area contributed by atoms with Gasteiger partial charge in [-0.05, 0) is 54.4 Å². The quantitative estimate of drug-likeness (QED) is 0.927. The van der Waals surface area contributed by atoms with Crippen LogP contribution in [0.2, 0.25) is 0 Å². The lowest BCUT2D eigenvalue weighted by molar-refractivity contribution is 0.209. The molecule has 19 heavy (non-hydrogen) atoms. The molecular weight excluding hydrogens is 302 g/mol. The number of piperazine rings is 1. The van der Waals surface area contributed by atoms with E-state index in [1.807, 2.05) is 6.92 Å². The molecule has 1 atom stereocenters. The number of hydrogen-bond donors (Lipinski definition) is 1. The highest BCUT2D eigenvalue weighted by molar-refractivity contribution is 9.10. The molecule has 1 aromatic rings. The second-order valence-electron chi connectivity index (χ2n) is 5.62. The predicted octanol–water partition coefficient (Wildman–Crippen LogP) is 3.00. The van der Waals surface area contributed by atoms with Crippen molar-refractivity contribution in [2.75, 3.05) is 31.1 Å². The molecule has 0 aromatic heterocycles. The number of halogens is 1. The van der Waals surface area contributed by atoms with Gasteiger partial charge in [-0.15, -0.1) is 0 Å². The van der Waals surface area contributed by atoms with Gasteiger partial charge in [-0.1, -0.05) is 6.07 Å². The summed E-state index contributed by atoms with van der Waals surface area (Å²) in [5, 5.41) is 0. The lowest BCUT2D eigenvalue weighted by Gasteiger charge is -2.38. The Morgan fingerprint density at radius 1 is 1.11 bits per heavy atom. The highest BCUT2D eigenvalue weighted by Crippen LogP contribution is 2.29. The number of nitrogens with zero attached hydrogens (tertiary/aromatic N) is 2. The first kappa shape index (κ1) is 14.8. The SMILES string of the molecule is CC(N)c1ccc(N2CCN(C(C)C)CC2)c(Br)c1. The van der Waals surface area contributed by atoms with Crippen LogP contribution < -0.4 is 10.6 Å². The van der Waals surface area contributed by atoms with E-state index in [-0.39, 0.29) is 6.04 Å². The minimum Gasteiger partial charge on any atom is -0.368 e. The molecule has 0 spiro atoms. The third-order valence-corrected chi connectivity index (χ3v) is 4.52. The summed E-state index contributed by atoms with van der Waals surface area (Å²) < 4.78 is 1.15. The molecule has 1 fully saturated rings. The molecule has 3 nitrogen and oxygen atoms in total. The Morgan fingerprint density at radius 2 is 1.74 bits per heavy atom. The maximum Gasteiger partial charge on any atom is 0.0511 e. The molecule has 0 saturated carbocycles. The van der Waals surface area contributed by atoms with Gasteiger partial charge in [-0.3, -0.25) is 4.90 Å². The zero-order valence-corrected chi connectivity index (χ0v) is 13.7. The van der Waals surface area contributed by atoms with Gasteiger partial charge in [-0.2, -0.15) is 0 Å². The molecule has 0 amide bonds. The normalized spacial score (nSPS) is 18.9. The summed E-state index contributed by atoms with van der Waals surface area (Å²) in [6, 6.07) is 7.21. The minimum absolute atomic E-state index is 0.0862. The van der Waals surface area contributed by atoms with Crippen molar-refractivity contribution in [3.05, 3.63) is 28.2 Å². The van der Waals surface area contributed by atoms with Crippen molar-refractivity contribution in [3.8, 4) is 0 Å². The Hall–Kier alpha value is -0.580. The van der Waals surface area contributed by atoms with Crippen molar-refractivity contribution in [1.82, 2.24) is 4.90 Å². The largest absolute Gasteiger partial charge is 0.368 e.